The molecule has 5 N–H and O–H groups in total. The van der Waals surface area contributed by atoms with E-state index < -0.39 is 24.1 Å². The van der Waals surface area contributed by atoms with Gasteiger partial charge in [-0.1, -0.05) is 43.2 Å². The zero-order valence-corrected chi connectivity index (χ0v) is 17.1. The third-order valence-electron chi connectivity index (χ3n) is 5.86. The lowest BCUT2D eigenvalue weighted by molar-refractivity contribution is -0.129. The lowest BCUT2D eigenvalue weighted by atomic mass is 9.85. The highest BCUT2D eigenvalue weighted by atomic mass is 19.1. The Labute approximate surface area is 177 Å². The average molecular weight is 422 g/mol. The summed E-state index contributed by atoms with van der Waals surface area (Å²) in [7, 11) is 0. The van der Waals surface area contributed by atoms with Crippen molar-refractivity contribution in [1.29, 1.82) is 0 Å². The Morgan fingerprint density at radius 2 is 1.77 bits per heavy atom. The minimum absolute atomic E-state index is 0.0348. The summed E-state index contributed by atoms with van der Waals surface area (Å²) < 4.78 is 13.6. The first-order chi connectivity index (χ1) is 14.4. The van der Waals surface area contributed by atoms with E-state index in [1.807, 2.05) is 0 Å². The molecule has 1 aliphatic rings. The molecule has 30 heavy (non-hydrogen) atoms. The first-order valence-corrected chi connectivity index (χ1v) is 10.7. The molecule has 0 bridgehead atoms. The highest BCUT2D eigenvalue weighted by molar-refractivity contribution is 5.74. The molecule has 0 saturated heterocycles. The molecule has 1 fully saturated rings. The molecule has 0 radical (unpaired) electrons. The van der Waals surface area contributed by atoms with Crippen molar-refractivity contribution < 1.29 is 29.7 Å². The molecule has 1 amide bonds. The van der Waals surface area contributed by atoms with Gasteiger partial charge in [0.1, 0.15) is 11.9 Å². The van der Waals surface area contributed by atoms with Gasteiger partial charge in [0.15, 0.2) is 0 Å². The smallest absolute Gasteiger partial charge is 0.243 e. The number of benzene rings is 1. The molecule has 0 aliphatic heterocycles. The van der Waals surface area contributed by atoms with Gasteiger partial charge in [-0.15, -0.1) is 0 Å². The molecule has 2 rings (SSSR count). The Bertz CT molecular complexity index is 732. The van der Waals surface area contributed by atoms with Gasteiger partial charge in [-0.05, 0) is 56.1 Å². The fraction of sp³-hybridized carbons (Fsp3) is 0.609. The molecule has 0 heterocycles. The predicted molar refractivity (Wildman–Crippen MR) is 110 cm³/mol. The zero-order valence-electron chi connectivity index (χ0n) is 17.1. The summed E-state index contributed by atoms with van der Waals surface area (Å²) in [5, 5.41) is 39.2. The van der Waals surface area contributed by atoms with E-state index in [2.05, 4.69) is 11.8 Å². The number of rotatable bonds is 10. The lowest BCUT2D eigenvalue weighted by Crippen LogP contribution is -2.23. The molecule has 3 unspecified atom stereocenters. The Balaban J connectivity index is 1.77. The van der Waals surface area contributed by atoms with Gasteiger partial charge in [-0.2, -0.15) is 0 Å². The van der Waals surface area contributed by atoms with Gasteiger partial charge >= 0.3 is 0 Å². The van der Waals surface area contributed by atoms with Crippen LogP contribution in [0.15, 0.2) is 24.3 Å². The topological polar surface area (TPSA) is 110 Å². The van der Waals surface area contributed by atoms with Crippen LogP contribution < -0.4 is 5.48 Å². The van der Waals surface area contributed by atoms with Gasteiger partial charge in [0.25, 0.3) is 0 Å². The lowest BCUT2D eigenvalue weighted by Gasteiger charge is -2.24. The van der Waals surface area contributed by atoms with Gasteiger partial charge in [-0.3, -0.25) is 10.0 Å². The van der Waals surface area contributed by atoms with E-state index in [1.54, 1.807) is 23.7 Å². The number of nitrogens with one attached hydrogen (secondary N) is 1. The Morgan fingerprint density at radius 3 is 2.47 bits per heavy atom. The first-order valence-electron chi connectivity index (χ1n) is 10.7. The molecule has 0 spiro atoms. The second-order valence-electron chi connectivity index (χ2n) is 8.03. The highest BCUT2D eigenvalue weighted by Gasteiger charge is 2.40. The number of hydroxylamine groups is 1. The first kappa shape index (κ1) is 24.3. The molecule has 7 heteroatoms. The van der Waals surface area contributed by atoms with Crippen LogP contribution in [0, 0.1) is 29.5 Å². The van der Waals surface area contributed by atoms with Crippen LogP contribution in [0.5, 0.6) is 0 Å². The number of halogens is 1. The zero-order chi connectivity index (χ0) is 21.9. The molecule has 5 atom stereocenters. The summed E-state index contributed by atoms with van der Waals surface area (Å²) in [5.74, 6) is 4.35. The maximum Gasteiger partial charge on any atom is 0.243 e. The van der Waals surface area contributed by atoms with Crippen LogP contribution in [0.2, 0.25) is 0 Å². The average Bonchev–Trinajstić information content (AvgIpc) is 3.00. The Hall–Kier alpha value is -1.98. The van der Waals surface area contributed by atoms with E-state index in [4.69, 9.17) is 5.21 Å². The van der Waals surface area contributed by atoms with E-state index in [0.29, 0.717) is 25.7 Å². The van der Waals surface area contributed by atoms with Crippen LogP contribution in [-0.2, 0) is 4.79 Å². The van der Waals surface area contributed by atoms with Crippen molar-refractivity contribution in [2.75, 3.05) is 0 Å². The maximum absolute atomic E-state index is 13.6. The number of aliphatic hydroxyl groups is 3. The van der Waals surface area contributed by atoms with Crippen LogP contribution in [0.1, 0.15) is 63.4 Å². The number of hydrogen-bond acceptors (Lipinski definition) is 5. The number of amides is 1. The van der Waals surface area contributed by atoms with Gasteiger partial charge in [0.05, 0.1) is 17.8 Å². The second-order valence-corrected chi connectivity index (χ2v) is 8.03. The van der Waals surface area contributed by atoms with Crippen LogP contribution in [0.3, 0.4) is 0 Å². The van der Waals surface area contributed by atoms with E-state index in [1.165, 1.54) is 6.07 Å². The minimum Gasteiger partial charge on any atom is -0.393 e. The molecule has 1 saturated carbocycles. The van der Waals surface area contributed by atoms with Crippen LogP contribution in [-0.4, -0.2) is 44.7 Å². The van der Waals surface area contributed by atoms with Crippen molar-refractivity contribution in [3.05, 3.63) is 35.6 Å². The molecule has 0 aromatic heterocycles. The maximum atomic E-state index is 13.6. The van der Waals surface area contributed by atoms with Crippen molar-refractivity contribution in [1.82, 2.24) is 5.48 Å². The second kappa shape index (κ2) is 12.7. The predicted octanol–water partition coefficient (Wildman–Crippen LogP) is 2.52. The molecule has 6 nitrogen and oxygen atoms in total. The van der Waals surface area contributed by atoms with Crippen molar-refractivity contribution in [3.63, 3.8) is 0 Å². The normalized spacial score (nSPS) is 24.2. The summed E-state index contributed by atoms with van der Waals surface area (Å²) >= 11 is 0. The fourth-order valence-corrected chi connectivity index (χ4v) is 4.20. The number of hydrogen-bond donors (Lipinski definition) is 5. The fourth-order valence-electron chi connectivity index (χ4n) is 4.20. The molecule has 1 aliphatic carbocycles. The molecule has 1 aromatic rings. The summed E-state index contributed by atoms with van der Waals surface area (Å²) in [6.45, 7) is 0. The van der Waals surface area contributed by atoms with Gasteiger partial charge in [0, 0.05) is 6.42 Å². The monoisotopic (exact) mass is 421 g/mol. The quantitative estimate of drug-likeness (QED) is 0.173. The molecule has 1 aromatic carbocycles. The minimum atomic E-state index is -0.923. The van der Waals surface area contributed by atoms with Crippen molar-refractivity contribution in [2.24, 2.45) is 11.8 Å². The summed E-state index contributed by atoms with van der Waals surface area (Å²) in [6.07, 6.45) is 3.51. The van der Waals surface area contributed by atoms with Gasteiger partial charge < -0.3 is 15.3 Å². The van der Waals surface area contributed by atoms with Crippen LogP contribution >= 0.6 is 0 Å². The van der Waals surface area contributed by atoms with Crippen LogP contribution in [0.4, 0.5) is 4.39 Å². The number of carbonyl (C=O) groups excluding carboxylic acids is 1. The molecular weight excluding hydrogens is 389 g/mol. The van der Waals surface area contributed by atoms with Crippen molar-refractivity contribution in [3.8, 4) is 11.8 Å². The number of carbonyl (C=O) groups is 1. The Kier molecular flexibility index (Phi) is 10.2. The van der Waals surface area contributed by atoms with E-state index in [-0.39, 0.29) is 29.7 Å². The summed E-state index contributed by atoms with van der Waals surface area (Å²) in [5.41, 5.74) is 1.85. The molecular formula is C23H32FNO5. The Morgan fingerprint density at radius 1 is 1.10 bits per heavy atom. The largest absolute Gasteiger partial charge is 0.393 e. The SMILES string of the molecule is O=C(CCCCCC[C@H]1C(O)CC(O)[C@@H]1CCC(O)C#Cc1ccccc1F)NO. The summed E-state index contributed by atoms with van der Waals surface area (Å²) in [6, 6.07) is 6.13. The van der Waals surface area contributed by atoms with Gasteiger partial charge in [-0.25, -0.2) is 9.87 Å². The summed E-state index contributed by atoms with van der Waals surface area (Å²) in [4.78, 5) is 11.0. The van der Waals surface area contributed by atoms with E-state index >= 15 is 0 Å². The van der Waals surface area contributed by atoms with E-state index in [0.717, 1.165) is 25.7 Å². The third kappa shape index (κ3) is 7.69. The number of unbranched alkanes of at least 4 members (excludes halogenated alkanes) is 3. The molecule has 166 valence electrons. The van der Waals surface area contributed by atoms with Gasteiger partial charge in [0.2, 0.25) is 5.91 Å². The standard InChI is InChI=1S/C23H32FNO5/c24-20-9-6-5-7-16(20)11-12-17(26)13-14-19-18(21(27)15-22(19)28)8-3-1-2-4-10-23(29)25-30/h5-7,9,17-19,21-22,26-28,30H,1-4,8,10,13-15H2,(H,25,29)/t17?,18-,19-,21?,22?/m1/s1. The number of aliphatic hydroxyl groups excluding tert-OH is 3. The van der Waals surface area contributed by atoms with E-state index in [9.17, 15) is 24.5 Å². The third-order valence-corrected chi connectivity index (χ3v) is 5.86. The highest BCUT2D eigenvalue weighted by Crippen LogP contribution is 2.39. The van der Waals surface area contributed by atoms with Crippen molar-refractivity contribution >= 4 is 5.91 Å². The van der Waals surface area contributed by atoms with Crippen molar-refractivity contribution in [2.45, 2.75) is 76.1 Å². The van der Waals surface area contributed by atoms with Crippen LogP contribution in [0.25, 0.3) is 0 Å².